The van der Waals surface area contributed by atoms with Crippen LogP contribution in [0.25, 0.3) is 56.7 Å². The molecule has 4 heterocycles. The Labute approximate surface area is 265 Å². The minimum atomic E-state index is -0.181. The van der Waals surface area contributed by atoms with Gasteiger partial charge in [0.2, 0.25) is 0 Å². The van der Waals surface area contributed by atoms with Crippen molar-refractivity contribution in [2.75, 3.05) is 0 Å². The van der Waals surface area contributed by atoms with E-state index >= 15 is 0 Å². The molecule has 1 atom stereocenters. The Morgan fingerprint density at radius 2 is 1.00 bits per heavy atom. The molecule has 2 aliphatic heterocycles. The summed E-state index contributed by atoms with van der Waals surface area (Å²) in [5, 5.41) is 0. The summed E-state index contributed by atoms with van der Waals surface area (Å²) in [7, 11) is 0. The van der Waals surface area contributed by atoms with Crippen LogP contribution in [0.5, 0.6) is 0 Å². The molecule has 2 aliphatic rings. The molecule has 0 aliphatic carbocycles. The van der Waals surface area contributed by atoms with Gasteiger partial charge in [0.25, 0.3) is 6.21 Å². The average molecular weight is 593 g/mol. The summed E-state index contributed by atoms with van der Waals surface area (Å²) in [5.41, 5.74) is 7.95. The Morgan fingerprint density at radius 1 is 0.457 bits per heavy atom. The fourth-order valence-electron chi connectivity index (χ4n) is 5.42. The van der Waals surface area contributed by atoms with Crippen LogP contribution in [-0.4, -0.2) is 48.6 Å². The van der Waals surface area contributed by atoms with Crippen molar-refractivity contribution in [3.63, 3.8) is 0 Å². The number of allylic oxidation sites excluding steroid dienone is 2. The van der Waals surface area contributed by atoms with Gasteiger partial charge in [-0.1, -0.05) is 120 Å². The summed E-state index contributed by atoms with van der Waals surface area (Å²) < 4.78 is 4.43. The molecule has 8 rings (SSSR count). The lowest BCUT2D eigenvalue weighted by Crippen LogP contribution is -2.14. The van der Waals surface area contributed by atoms with E-state index in [4.69, 9.17) is 29.9 Å². The topological polar surface area (TPSA) is 90.9 Å². The predicted octanol–water partition coefficient (Wildman–Crippen LogP) is 6.87. The number of nitrogens with zero attached hydrogens (tertiary/aromatic N) is 7. The van der Waals surface area contributed by atoms with Crippen molar-refractivity contribution in [2.45, 2.75) is 6.04 Å². The standard InChI is InChI=1S/C39H26N7/c1-4-11-26(12-5-1)27-18-20-28(21-19-27)34-25-35(43-36(42-34)29-13-6-2-7-14-29)39-45-37(30-15-8-3-9-16-30)44-38(46-39)33-23-22-32(41-33)31-17-10-24-40-31/h1-25,32H/q+1. The Bertz CT molecular complexity index is 2210. The molecule has 0 fully saturated rings. The molecule has 46 heavy (non-hydrogen) atoms. The van der Waals surface area contributed by atoms with E-state index in [1.165, 1.54) is 0 Å². The second kappa shape index (κ2) is 11.9. The average Bonchev–Trinajstić information content (AvgIpc) is 3.86. The van der Waals surface area contributed by atoms with Gasteiger partial charge in [-0.3, -0.25) is 4.99 Å². The van der Waals surface area contributed by atoms with Crippen molar-refractivity contribution < 1.29 is 0 Å². The van der Waals surface area contributed by atoms with E-state index in [-0.39, 0.29) is 6.04 Å². The van der Waals surface area contributed by atoms with Gasteiger partial charge in [0.15, 0.2) is 29.3 Å². The van der Waals surface area contributed by atoms with Gasteiger partial charge < -0.3 is 0 Å². The van der Waals surface area contributed by atoms with Crippen LogP contribution in [0.3, 0.4) is 0 Å². The fourth-order valence-corrected chi connectivity index (χ4v) is 5.42. The summed E-state index contributed by atoms with van der Waals surface area (Å²) in [6.07, 6.45) is 9.62. The molecule has 7 heteroatoms. The van der Waals surface area contributed by atoms with Crippen LogP contribution in [-0.2, 0) is 0 Å². The Morgan fingerprint density at radius 3 is 1.65 bits per heavy atom. The third-order valence-corrected chi connectivity index (χ3v) is 7.77. The SMILES string of the molecule is C1=CC(C2C=CC(c3nc(-c4ccccc4)nc(-c4cc(-c5ccc(-c6ccccc6)cc5)nc(-c5ccccc5)n4)n3)=N2)=[N+]=C1. The van der Waals surface area contributed by atoms with E-state index in [9.17, 15) is 0 Å². The quantitative estimate of drug-likeness (QED) is 0.189. The highest BCUT2D eigenvalue weighted by atomic mass is 15.1. The largest absolute Gasteiger partial charge is 0.332 e. The van der Waals surface area contributed by atoms with Crippen LogP contribution >= 0.6 is 0 Å². The first-order valence-electron chi connectivity index (χ1n) is 15.0. The highest BCUT2D eigenvalue weighted by molar-refractivity contribution is 6.14. The normalized spacial score (nSPS) is 14.8. The van der Waals surface area contributed by atoms with Crippen molar-refractivity contribution in [3.8, 4) is 56.7 Å². The lowest BCUT2D eigenvalue weighted by Gasteiger charge is -2.11. The molecule has 0 saturated heterocycles. The molecule has 0 spiro atoms. The molecule has 0 amide bonds. The molecular weight excluding hydrogens is 566 g/mol. The Kier molecular flexibility index (Phi) is 7.04. The van der Waals surface area contributed by atoms with Gasteiger partial charge in [0, 0.05) is 28.8 Å². The lowest BCUT2D eigenvalue weighted by atomic mass is 10.0. The molecule has 6 aromatic rings. The maximum absolute atomic E-state index is 5.00. The second-order valence-corrected chi connectivity index (χ2v) is 10.8. The number of benzene rings is 4. The number of hydrogen-bond donors (Lipinski definition) is 0. The smallest absolute Gasteiger partial charge is 0.261 e. The number of aromatic nitrogens is 5. The fraction of sp³-hybridized carbons (Fsp3) is 0.0256. The lowest BCUT2D eigenvalue weighted by molar-refractivity contribution is 1.02. The van der Waals surface area contributed by atoms with Gasteiger partial charge in [-0.25, -0.2) is 24.9 Å². The molecule has 2 aromatic heterocycles. The zero-order valence-corrected chi connectivity index (χ0v) is 24.6. The zero-order valence-electron chi connectivity index (χ0n) is 24.6. The summed E-state index contributed by atoms with van der Waals surface area (Å²) in [5.74, 6) is 2.04. The van der Waals surface area contributed by atoms with E-state index < -0.39 is 0 Å². The molecule has 0 saturated carbocycles. The van der Waals surface area contributed by atoms with Crippen LogP contribution < -0.4 is 4.67 Å². The second-order valence-electron chi connectivity index (χ2n) is 10.8. The number of aliphatic imine (C=N–C) groups is 1. The highest BCUT2D eigenvalue weighted by Crippen LogP contribution is 2.29. The van der Waals surface area contributed by atoms with Gasteiger partial charge in [-0.15, -0.1) is 0 Å². The number of hydrogen-bond acceptors (Lipinski definition) is 6. The summed E-state index contributed by atoms with van der Waals surface area (Å²) in [6, 6.07) is 40.4. The van der Waals surface area contributed by atoms with Crippen molar-refractivity contribution in [2.24, 2.45) is 4.99 Å². The van der Waals surface area contributed by atoms with Gasteiger partial charge in [-0.05, 0) is 29.3 Å². The summed E-state index contributed by atoms with van der Waals surface area (Å²) in [4.78, 5) is 29.6. The van der Waals surface area contributed by atoms with Gasteiger partial charge in [0.05, 0.1) is 5.69 Å². The third-order valence-electron chi connectivity index (χ3n) is 7.77. The molecule has 216 valence electrons. The van der Waals surface area contributed by atoms with Gasteiger partial charge in [0.1, 0.15) is 11.4 Å². The first-order chi connectivity index (χ1) is 22.8. The molecule has 4 aromatic carbocycles. The van der Waals surface area contributed by atoms with Crippen molar-refractivity contribution in [1.29, 1.82) is 0 Å². The van der Waals surface area contributed by atoms with Crippen LogP contribution in [0.1, 0.15) is 5.82 Å². The van der Waals surface area contributed by atoms with Crippen molar-refractivity contribution >= 4 is 17.6 Å². The van der Waals surface area contributed by atoms with Gasteiger partial charge in [-0.2, -0.15) is 0 Å². The first-order valence-corrected chi connectivity index (χ1v) is 15.0. The van der Waals surface area contributed by atoms with E-state index in [1.54, 1.807) is 6.21 Å². The Hall–Kier alpha value is -6.43. The van der Waals surface area contributed by atoms with Crippen molar-refractivity contribution in [1.82, 2.24) is 29.6 Å². The van der Waals surface area contributed by atoms with Crippen LogP contribution in [0, 0.1) is 0 Å². The minimum absolute atomic E-state index is 0.181. The molecule has 0 radical (unpaired) electrons. The molecule has 7 nitrogen and oxygen atoms in total. The highest BCUT2D eigenvalue weighted by Gasteiger charge is 2.26. The minimum Gasteiger partial charge on any atom is -0.261 e. The third kappa shape index (κ3) is 5.50. The monoisotopic (exact) mass is 592 g/mol. The summed E-state index contributed by atoms with van der Waals surface area (Å²) >= 11 is 0. The van der Waals surface area contributed by atoms with Crippen LogP contribution in [0.2, 0.25) is 0 Å². The van der Waals surface area contributed by atoms with E-state index in [1.807, 2.05) is 109 Å². The molecule has 0 N–H and O–H groups in total. The Balaban J connectivity index is 1.27. The predicted molar refractivity (Wildman–Crippen MR) is 184 cm³/mol. The molecule has 1 unspecified atom stereocenters. The number of rotatable bonds is 7. The van der Waals surface area contributed by atoms with Crippen LogP contribution in [0.4, 0.5) is 0 Å². The maximum Gasteiger partial charge on any atom is 0.332 e. The summed E-state index contributed by atoms with van der Waals surface area (Å²) in [6.45, 7) is 0. The maximum atomic E-state index is 5.00. The van der Waals surface area contributed by atoms with E-state index in [0.717, 1.165) is 39.2 Å². The van der Waals surface area contributed by atoms with Crippen LogP contribution in [0.15, 0.2) is 151 Å². The molecule has 0 bridgehead atoms. The first kappa shape index (κ1) is 27.1. The van der Waals surface area contributed by atoms with E-state index in [2.05, 4.69) is 41.1 Å². The van der Waals surface area contributed by atoms with Gasteiger partial charge >= 0.3 is 5.71 Å². The van der Waals surface area contributed by atoms with Crippen molar-refractivity contribution in [3.05, 3.63) is 151 Å². The molecular formula is C39H26N7+. The van der Waals surface area contributed by atoms with E-state index in [0.29, 0.717) is 34.7 Å². The zero-order chi connectivity index (χ0) is 30.7.